The molecule has 0 radical (unpaired) electrons. The molecule has 162 valence electrons. The number of aliphatic hydroxyl groups excluding tert-OH is 1. The van der Waals surface area contributed by atoms with E-state index in [0.717, 1.165) is 44.4 Å². The minimum atomic E-state index is -0.486. The molecule has 0 aromatic carbocycles. The fourth-order valence-electron chi connectivity index (χ4n) is 4.37. The summed E-state index contributed by atoms with van der Waals surface area (Å²) in [5, 5.41) is 9.30. The van der Waals surface area contributed by atoms with E-state index in [0.29, 0.717) is 25.0 Å². The molecule has 1 aliphatic heterocycles. The van der Waals surface area contributed by atoms with E-state index < -0.39 is 5.60 Å². The van der Waals surface area contributed by atoms with Gasteiger partial charge >= 0.3 is 6.09 Å². The number of rotatable bonds is 6. The summed E-state index contributed by atoms with van der Waals surface area (Å²) in [5.74, 6) is 1.91. The van der Waals surface area contributed by atoms with Gasteiger partial charge in [0.1, 0.15) is 18.0 Å². The highest BCUT2D eigenvalue weighted by atomic mass is 16.6. The summed E-state index contributed by atoms with van der Waals surface area (Å²) in [6.07, 6.45) is 10.9. The van der Waals surface area contributed by atoms with E-state index in [1.54, 1.807) is 11.1 Å². The molecule has 1 saturated heterocycles. The molecule has 0 bridgehead atoms. The average Bonchev–Trinajstić information content (AvgIpc) is 3.15. The van der Waals surface area contributed by atoms with Crippen LogP contribution >= 0.6 is 0 Å². The second kappa shape index (κ2) is 9.79. The number of carbonyl (C=O) groups excluding carboxylic acids is 1. The van der Waals surface area contributed by atoms with Gasteiger partial charge in [0.15, 0.2) is 0 Å². The van der Waals surface area contributed by atoms with Crippen LogP contribution in [0.5, 0.6) is 5.75 Å². The zero-order chi connectivity index (χ0) is 20.9. The summed E-state index contributed by atoms with van der Waals surface area (Å²) < 4.78 is 11.5. The fraction of sp³-hybridized carbons (Fsp3) is 0.739. The number of ether oxygens (including phenoxy) is 2. The summed E-state index contributed by atoms with van der Waals surface area (Å²) in [6, 6.07) is 2.13. The van der Waals surface area contributed by atoms with Crippen molar-refractivity contribution in [3.63, 3.8) is 0 Å². The van der Waals surface area contributed by atoms with Crippen LogP contribution in [0.25, 0.3) is 0 Å². The molecule has 6 nitrogen and oxygen atoms in total. The van der Waals surface area contributed by atoms with Gasteiger partial charge in [0.25, 0.3) is 0 Å². The van der Waals surface area contributed by atoms with E-state index in [1.807, 2.05) is 27.0 Å². The van der Waals surface area contributed by atoms with Crippen LogP contribution in [0.1, 0.15) is 64.9 Å². The Morgan fingerprint density at radius 1 is 1.17 bits per heavy atom. The van der Waals surface area contributed by atoms with Crippen LogP contribution in [-0.2, 0) is 11.2 Å². The van der Waals surface area contributed by atoms with Gasteiger partial charge < -0.3 is 19.5 Å². The lowest BCUT2D eigenvalue weighted by Gasteiger charge is -2.28. The number of hydrogen-bond acceptors (Lipinski definition) is 5. The van der Waals surface area contributed by atoms with Gasteiger partial charge in [0.2, 0.25) is 0 Å². The monoisotopic (exact) mass is 404 g/mol. The molecule has 1 amide bonds. The van der Waals surface area contributed by atoms with Gasteiger partial charge in [-0.15, -0.1) is 0 Å². The maximum absolute atomic E-state index is 12.4. The quantitative estimate of drug-likeness (QED) is 0.769. The lowest BCUT2D eigenvalue weighted by Crippen LogP contribution is -2.42. The largest absolute Gasteiger partial charge is 0.490 e. The van der Waals surface area contributed by atoms with Crippen LogP contribution < -0.4 is 4.74 Å². The van der Waals surface area contributed by atoms with Crippen molar-refractivity contribution in [3.8, 4) is 5.75 Å². The Morgan fingerprint density at radius 3 is 2.59 bits per heavy atom. The SMILES string of the molecule is CC(C)(C)OC(=O)N1CCC[C@H]1COc1cncc(C[C@H]2CC[C@H](CO)CC2)c1. The van der Waals surface area contributed by atoms with Crippen LogP contribution in [-0.4, -0.2) is 52.5 Å². The van der Waals surface area contributed by atoms with Crippen LogP contribution in [0.4, 0.5) is 4.79 Å². The highest BCUT2D eigenvalue weighted by Crippen LogP contribution is 2.31. The third kappa shape index (κ3) is 6.59. The van der Waals surface area contributed by atoms with Gasteiger partial charge in [-0.05, 0) is 89.2 Å². The summed E-state index contributed by atoms with van der Waals surface area (Å²) >= 11 is 0. The minimum absolute atomic E-state index is 0.0438. The highest BCUT2D eigenvalue weighted by molar-refractivity contribution is 5.69. The van der Waals surface area contributed by atoms with Crippen LogP contribution in [0.3, 0.4) is 0 Å². The number of carbonyl (C=O) groups is 1. The zero-order valence-corrected chi connectivity index (χ0v) is 18.1. The van der Waals surface area contributed by atoms with Crippen LogP contribution in [0.15, 0.2) is 18.5 Å². The molecule has 6 heteroatoms. The van der Waals surface area contributed by atoms with Gasteiger partial charge in [-0.25, -0.2) is 4.79 Å². The first-order valence-corrected chi connectivity index (χ1v) is 11.0. The molecule has 1 aromatic rings. The Balaban J connectivity index is 1.50. The smallest absolute Gasteiger partial charge is 0.410 e. The van der Waals surface area contributed by atoms with Gasteiger partial charge in [-0.2, -0.15) is 0 Å². The molecular formula is C23H36N2O4. The zero-order valence-electron chi connectivity index (χ0n) is 18.1. The second-order valence-corrected chi connectivity index (χ2v) is 9.58. The molecule has 1 atom stereocenters. The van der Waals surface area contributed by atoms with Crippen molar-refractivity contribution in [2.45, 2.75) is 77.4 Å². The van der Waals surface area contributed by atoms with Gasteiger partial charge in [0.05, 0.1) is 12.2 Å². The van der Waals surface area contributed by atoms with E-state index in [2.05, 4.69) is 11.1 Å². The second-order valence-electron chi connectivity index (χ2n) is 9.58. The van der Waals surface area contributed by atoms with Gasteiger partial charge in [-0.3, -0.25) is 4.98 Å². The lowest BCUT2D eigenvalue weighted by molar-refractivity contribution is 0.0187. The molecular weight excluding hydrogens is 368 g/mol. The normalized spacial score (nSPS) is 25.1. The van der Waals surface area contributed by atoms with Crippen LogP contribution in [0.2, 0.25) is 0 Å². The van der Waals surface area contributed by atoms with Gasteiger partial charge in [0, 0.05) is 19.3 Å². The molecule has 2 fully saturated rings. The Morgan fingerprint density at radius 2 is 1.90 bits per heavy atom. The summed E-state index contributed by atoms with van der Waals surface area (Å²) in [5.41, 5.74) is 0.713. The number of nitrogens with zero attached hydrogens (tertiary/aromatic N) is 2. The first-order chi connectivity index (χ1) is 13.8. The topological polar surface area (TPSA) is 71.9 Å². The number of aliphatic hydroxyl groups is 1. The van der Waals surface area contributed by atoms with Crippen molar-refractivity contribution >= 4 is 6.09 Å². The molecule has 0 unspecified atom stereocenters. The maximum Gasteiger partial charge on any atom is 0.410 e. The molecule has 1 aliphatic carbocycles. The van der Waals surface area contributed by atoms with Gasteiger partial charge in [-0.1, -0.05) is 0 Å². The summed E-state index contributed by atoms with van der Waals surface area (Å²) in [6.45, 7) is 7.17. The number of pyridine rings is 1. The average molecular weight is 405 g/mol. The summed E-state index contributed by atoms with van der Waals surface area (Å²) in [4.78, 5) is 18.6. The minimum Gasteiger partial charge on any atom is -0.490 e. The molecule has 1 aromatic heterocycles. The van der Waals surface area contributed by atoms with Crippen molar-refractivity contribution in [2.24, 2.45) is 11.8 Å². The van der Waals surface area contributed by atoms with E-state index in [1.165, 1.54) is 18.4 Å². The third-order valence-electron chi connectivity index (χ3n) is 5.97. The Kier molecular flexibility index (Phi) is 7.38. The van der Waals surface area contributed by atoms with Crippen molar-refractivity contribution in [2.75, 3.05) is 19.8 Å². The first-order valence-electron chi connectivity index (χ1n) is 11.0. The van der Waals surface area contributed by atoms with E-state index >= 15 is 0 Å². The lowest BCUT2D eigenvalue weighted by atomic mass is 9.80. The molecule has 1 N–H and O–H groups in total. The summed E-state index contributed by atoms with van der Waals surface area (Å²) in [7, 11) is 0. The van der Waals surface area contributed by atoms with Crippen molar-refractivity contribution in [3.05, 3.63) is 24.0 Å². The Labute approximate surface area is 174 Å². The van der Waals surface area contributed by atoms with E-state index in [4.69, 9.17) is 9.47 Å². The van der Waals surface area contributed by atoms with E-state index in [-0.39, 0.29) is 12.1 Å². The number of aromatic nitrogens is 1. The number of amides is 1. The predicted molar refractivity (Wildman–Crippen MR) is 112 cm³/mol. The first kappa shape index (κ1) is 21.9. The molecule has 2 aliphatic rings. The predicted octanol–water partition coefficient (Wildman–Crippen LogP) is 4.20. The highest BCUT2D eigenvalue weighted by Gasteiger charge is 2.32. The standard InChI is InChI=1S/C23H36N2O4/c1-23(2,3)29-22(27)25-10-4-5-20(25)16-28-21-12-19(13-24-14-21)11-17-6-8-18(15-26)9-7-17/h12-14,17-18,20,26H,4-11,15-16H2,1-3H3/t17-,18-,20-/m0/s1. The molecule has 29 heavy (non-hydrogen) atoms. The van der Waals surface area contributed by atoms with Crippen molar-refractivity contribution in [1.29, 1.82) is 0 Å². The maximum atomic E-state index is 12.4. The Bertz CT molecular complexity index is 665. The number of hydrogen-bond donors (Lipinski definition) is 1. The molecule has 2 heterocycles. The van der Waals surface area contributed by atoms with Crippen molar-refractivity contribution in [1.82, 2.24) is 9.88 Å². The Hall–Kier alpha value is -1.82. The van der Waals surface area contributed by atoms with E-state index in [9.17, 15) is 9.90 Å². The fourth-order valence-corrected chi connectivity index (χ4v) is 4.37. The number of likely N-dealkylation sites (tertiary alicyclic amines) is 1. The molecule has 0 spiro atoms. The molecule has 1 saturated carbocycles. The van der Waals surface area contributed by atoms with Crippen LogP contribution in [0, 0.1) is 11.8 Å². The van der Waals surface area contributed by atoms with Crippen molar-refractivity contribution < 1.29 is 19.4 Å². The third-order valence-corrected chi connectivity index (χ3v) is 5.97. The molecule has 3 rings (SSSR count).